The van der Waals surface area contributed by atoms with Gasteiger partial charge in [-0.25, -0.2) is 0 Å². The maximum atomic E-state index is 6.51. The molecule has 5 fully saturated rings. The highest BCUT2D eigenvalue weighted by Gasteiger charge is 2.36. The number of rotatable bonds is 19. The lowest BCUT2D eigenvalue weighted by Gasteiger charge is -2.40. The van der Waals surface area contributed by atoms with Gasteiger partial charge in [0, 0.05) is 18.8 Å². The minimum atomic E-state index is 0.138. The number of ether oxygens (including phenoxy) is 6. The predicted molar refractivity (Wildman–Crippen MR) is 183 cm³/mol. The van der Waals surface area contributed by atoms with Crippen molar-refractivity contribution in [1.29, 1.82) is 0 Å². The molecule has 0 bridgehead atoms. The first-order valence-corrected chi connectivity index (χ1v) is 19.6. The first-order chi connectivity index (χ1) is 21.5. The normalized spacial score (nSPS) is 39.5. The third-order valence-corrected chi connectivity index (χ3v) is 12.9. The summed E-state index contributed by atoms with van der Waals surface area (Å²) in [5.41, 5.74) is 1.41. The average Bonchev–Trinajstić information content (AvgIpc) is 3.80. The quantitative estimate of drug-likeness (QED) is 0.138. The summed E-state index contributed by atoms with van der Waals surface area (Å²) in [4.78, 5) is 2.50. The van der Waals surface area contributed by atoms with Gasteiger partial charge in [-0.3, -0.25) is 0 Å². The standard InChI is InChI=1S/C37H67NO6S/c1-34(26-38(5)18-30-21-41-30)10-6-12-35(2,13-7-11-34)28-40-20-33(44-24-32-23-43-32)25-45-29-37(4)16-8-14-36(3,15-9-17-37)27-39-19-31-22-42-31/h30-33H,6-29H2,1-5H3. The maximum absolute atomic E-state index is 6.51. The van der Waals surface area contributed by atoms with Crippen LogP contribution in [-0.4, -0.2) is 114 Å². The van der Waals surface area contributed by atoms with Crippen molar-refractivity contribution in [1.82, 2.24) is 4.90 Å². The Hall–Kier alpha value is 0.0700. The van der Waals surface area contributed by atoms with Gasteiger partial charge in [-0.2, -0.15) is 11.8 Å². The molecule has 0 aromatic carbocycles. The number of epoxide rings is 3. The highest BCUT2D eigenvalue weighted by molar-refractivity contribution is 7.99. The molecule has 0 amide bonds. The molecule has 8 heteroatoms. The molecule has 45 heavy (non-hydrogen) atoms. The van der Waals surface area contributed by atoms with Crippen molar-refractivity contribution >= 4 is 11.8 Å². The third-order valence-electron chi connectivity index (χ3n) is 11.4. The Kier molecular flexibility index (Phi) is 13.5. The molecule has 5 aliphatic rings. The Morgan fingerprint density at radius 3 is 1.71 bits per heavy atom. The van der Waals surface area contributed by atoms with Crippen LogP contribution in [0, 0.1) is 21.7 Å². The highest BCUT2D eigenvalue weighted by Crippen LogP contribution is 2.43. The molecule has 0 spiro atoms. The summed E-state index contributed by atoms with van der Waals surface area (Å²) < 4.78 is 35.2. The molecule has 0 aromatic rings. The van der Waals surface area contributed by atoms with Crippen molar-refractivity contribution in [3.8, 4) is 0 Å². The van der Waals surface area contributed by atoms with Crippen molar-refractivity contribution in [2.24, 2.45) is 21.7 Å². The average molecular weight is 654 g/mol. The molecule has 3 heterocycles. The number of hydrogen-bond donors (Lipinski definition) is 0. The van der Waals surface area contributed by atoms with Crippen LogP contribution in [0.15, 0.2) is 0 Å². The second kappa shape index (κ2) is 16.7. The van der Waals surface area contributed by atoms with Crippen LogP contribution in [0.5, 0.6) is 0 Å². The zero-order valence-electron chi connectivity index (χ0n) is 29.6. The van der Waals surface area contributed by atoms with Gasteiger partial charge in [0.05, 0.1) is 65.1 Å². The SMILES string of the molecule is CN(CC1CO1)CC1(C)CCCC(C)(COCC(CSCC2(C)CCCC(C)(COCC3CO3)CCC2)OCC2CO2)CCC1. The molecule has 7 nitrogen and oxygen atoms in total. The minimum Gasteiger partial charge on any atom is -0.378 e. The van der Waals surface area contributed by atoms with Gasteiger partial charge in [0.25, 0.3) is 0 Å². The zero-order chi connectivity index (χ0) is 31.8. The highest BCUT2D eigenvalue weighted by atomic mass is 32.2. The lowest BCUT2D eigenvalue weighted by atomic mass is 9.71. The summed E-state index contributed by atoms with van der Waals surface area (Å²) in [7, 11) is 2.27. The summed E-state index contributed by atoms with van der Waals surface area (Å²) >= 11 is 2.09. The van der Waals surface area contributed by atoms with Gasteiger partial charge in [-0.1, -0.05) is 53.4 Å². The topological polar surface area (TPSA) is 68.5 Å². The Balaban J connectivity index is 1.00. The summed E-state index contributed by atoms with van der Waals surface area (Å²) in [5, 5.41) is 0. The van der Waals surface area contributed by atoms with E-state index in [-0.39, 0.29) is 11.5 Å². The van der Waals surface area contributed by atoms with Crippen molar-refractivity contribution in [2.75, 3.05) is 84.5 Å². The fourth-order valence-corrected chi connectivity index (χ4v) is 9.48. The van der Waals surface area contributed by atoms with Crippen LogP contribution in [0.1, 0.15) is 105 Å². The monoisotopic (exact) mass is 653 g/mol. The first-order valence-electron chi connectivity index (χ1n) is 18.4. The molecule has 0 radical (unpaired) electrons. The summed E-state index contributed by atoms with van der Waals surface area (Å²) in [6.07, 6.45) is 16.7. The van der Waals surface area contributed by atoms with Crippen LogP contribution in [0.3, 0.4) is 0 Å². The van der Waals surface area contributed by atoms with E-state index in [0.29, 0.717) is 47.8 Å². The summed E-state index contributed by atoms with van der Waals surface area (Å²) in [6, 6.07) is 0. The molecule has 3 aliphatic heterocycles. The molecule has 2 aliphatic carbocycles. The van der Waals surface area contributed by atoms with Gasteiger partial charge in [-0.15, -0.1) is 0 Å². The number of nitrogens with zero attached hydrogens (tertiary/aromatic N) is 1. The van der Waals surface area contributed by atoms with Crippen molar-refractivity contribution in [3.05, 3.63) is 0 Å². The van der Waals surface area contributed by atoms with Gasteiger partial charge in [0.1, 0.15) is 12.2 Å². The molecule has 2 saturated carbocycles. The van der Waals surface area contributed by atoms with E-state index >= 15 is 0 Å². The Morgan fingerprint density at radius 2 is 1.16 bits per heavy atom. The Morgan fingerprint density at radius 1 is 0.667 bits per heavy atom. The Bertz CT molecular complexity index is 857. The number of likely N-dealkylation sites (N-methyl/N-ethyl adjacent to an activating group) is 1. The molecular weight excluding hydrogens is 586 g/mol. The predicted octanol–water partition coefficient (Wildman–Crippen LogP) is 7.00. The van der Waals surface area contributed by atoms with E-state index in [9.17, 15) is 0 Å². The molecule has 4 atom stereocenters. The summed E-state index contributed by atoms with van der Waals surface area (Å²) in [6.45, 7) is 18.8. The van der Waals surface area contributed by atoms with E-state index in [1.807, 2.05) is 0 Å². The van der Waals surface area contributed by atoms with Crippen LogP contribution in [0.25, 0.3) is 0 Å². The van der Waals surface area contributed by atoms with E-state index in [4.69, 9.17) is 28.4 Å². The molecule has 5 rings (SSSR count). The zero-order valence-corrected chi connectivity index (χ0v) is 30.4. The largest absolute Gasteiger partial charge is 0.378 e. The van der Waals surface area contributed by atoms with E-state index in [1.165, 1.54) is 89.3 Å². The Labute approximate surface area is 279 Å². The molecule has 262 valence electrons. The molecular formula is C37H67NO6S. The molecule has 0 aromatic heterocycles. The van der Waals surface area contributed by atoms with Crippen LogP contribution in [0.4, 0.5) is 0 Å². The fraction of sp³-hybridized carbons (Fsp3) is 1.00. The van der Waals surface area contributed by atoms with E-state index in [0.717, 1.165) is 51.9 Å². The third kappa shape index (κ3) is 13.5. The van der Waals surface area contributed by atoms with Crippen LogP contribution >= 0.6 is 11.8 Å². The molecule has 3 saturated heterocycles. The van der Waals surface area contributed by atoms with Crippen LogP contribution in [-0.2, 0) is 28.4 Å². The molecule has 0 N–H and O–H groups in total. The second-order valence-electron chi connectivity index (χ2n) is 17.2. The first kappa shape index (κ1) is 36.4. The van der Waals surface area contributed by atoms with Gasteiger partial charge >= 0.3 is 0 Å². The van der Waals surface area contributed by atoms with Gasteiger partial charge in [0.2, 0.25) is 0 Å². The smallest absolute Gasteiger partial charge is 0.104 e. The lowest BCUT2D eigenvalue weighted by molar-refractivity contribution is -0.0383. The number of thioether (sulfide) groups is 1. The van der Waals surface area contributed by atoms with Crippen molar-refractivity contribution < 1.29 is 28.4 Å². The van der Waals surface area contributed by atoms with Crippen LogP contribution in [0.2, 0.25) is 0 Å². The summed E-state index contributed by atoms with van der Waals surface area (Å²) in [5.74, 6) is 2.21. The van der Waals surface area contributed by atoms with E-state index < -0.39 is 0 Å². The maximum Gasteiger partial charge on any atom is 0.104 e. The van der Waals surface area contributed by atoms with Crippen molar-refractivity contribution in [2.45, 2.75) is 129 Å². The van der Waals surface area contributed by atoms with Crippen molar-refractivity contribution in [3.63, 3.8) is 0 Å². The fourth-order valence-electron chi connectivity index (χ4n) is 8.12. The van der Waals surface area contributed by atoms with Gasteiger partial charge in [0.15, 0.2) is 0 Å². The number of hydrogen-bond acceptors (Lipinski definition) is 8. The van der Waals surface area contributed by atoms with Crippen LogP contribution < -0.4 is 0 Å². The van der Waals surface area contributed by atoms with Gasteiger partial charge in [-0.05, 0) is 85.8 Å². The lowest BCUT2D eigenvalue weighted by Crippen LogP contribution is -2.37. The molecule has 4 unspecified atom stereocenters. The van der Waals surface area contributed by atoms with Gasteiger partial charge < -0.3 is 33.3 Å². The minimum absolute atomic E-state index is 0.138. The van der Waals surface area contributed by atoms with E-state index in [1.54, 1.807) is 0 Å². The second-order valence-corrected chi connectivity index (χ2v) is 18.3. The van der Waals surface area contributed by atoms with E-state index in [2.05, 4.69) is 51.4 Å².